The van der Waals surface area contributed by atoms with Crippen LogP contribution in [0, 0.1) is 0 Å². The molecule has 40 heavy (non-hydrogen) atoms. The molecule has 2 heterocycles. The lowest BCUT2D eigenvalue weighted by Gasteiger charge is -2.31. The van der Waals surface area contributed by atoms with Gasteiger partial charge < -0.3 is 14.6 Å². The molecule has 4 rings (SSSR count). The molecule has 1 saturated carbocycles. The minimum Gasteiger partial charge on any atom is -0.489 e. The molecule has 2 N–H and O–H groups in total. The lowest BCUT2D eigenvalue weighted by Crippen LogP contribution is -2.44. The number of benzene rings is 1. The third kappa shape index (κ3) is 8.91. The number of fused-ring (bicyclic) bond motifs is 1. The molecule has 0 spiro atoms. The Hall–Kier alpha value is -3.20. The van der Waals surface area contributed by atoms with Crippen molar-refractivity contribution in [2.45, 2.75) is 76.6 Å². The molecule has 1 fully saturated rings. The van der Waals surface area contributed by atoms with Gasteiger partial charge in [0, 0.05) is 24.8 Å². The number of carboxylic acids is 1. The highest BCUT2D eigenvalue weighted by Gasteiger charge is 2.51. The number of nitrogens with one attached hydrogen (secondary N) is 1. The van der Waals surface area contributed by atoms with Crippen molar-refractivity contribution >= 4 is 45.1 Å². The number of rotatable bonds is 6. The second-order valence-electron chi connectivity index (χ2n) is 9.08. The van der Waals surface area contributed by atoms with Gasteiger partial charge in [-0.25, -0.2) is 13.2 Å². The van der Waals surface area contributed by atoms with E-state index in [1.165, 1.54) is 48.3 Å². The van der Waals surface area contributed by atoms with E-state index in [1.54, 1.807) is 13.8 Å². The van der Waals surface area contributed by atoms with Crippen molar-refractivity contribution < 1.29 is 45.8 Å². The van der Waals surface area contributed by atoms with Gasteiger partial charge in [-0.15, -0.1) is 0 Å². The lowest BCUT2D eigenvalue weighted by molar-refractivity contribution is -0.242. The summed E-state index contributed by atoms with van der Waals surface area (Å²) in [5.41, 5.74) is -2.64. The van der Waals surface area contributed by atoms with Crippen LogP contribution in [0.25, 0.3) is 0 Å². The Morgan fingerprint density at radius 1 is 1.20 bits per heavy atom. The highest BCUT2D eigenvalue weighted by Crippen LogP contribution is 2.39. The van der Waals surface area contributed by atoms with Gasteiger partial charge in [0.2, 0.25) is 5.60 Å². The van der Waals surface area contributed by atoms with E-state index in [0.29, 0.717) is 20.4 Å². The van der Waals surface area contributed by atoms with Gasteiger partial charge in [0.15, 0.2) is 5.15 Å². The molecular weight excluding hydrogens is 581 g/mol. The van der Waals surface area contributed by atoms with Crippen molar-refractivity contribution in [3.8, 4) is 5.75 Å². The van der Waals surface area contributed by atoms with E-state index in [9.17, 15) is 31.2 Å². The summed E-state index contributed by atoms with van der Waals surface area (Å²) in [6.07, 6.45) is -0.113. The van der Waals surface area contributed by atoms with Crippen molar-refractivity contribution in [1.82, 2.24) is 9.78 Å². The van der Waals surface area contributed by atoms with Crippen molar-refractivity contribution in [3.63, 3.8) is 0 Å². The van der Waals surface area contributed by atoms with Crippen molar-refractivity contribution in [2.24, 2.45) is 0 Å². The summed E-state index contributed by atoms with van der Waals surface area (Å²) in [7, 11) is -4.14. The second-order valence-corrected chi connectivity index (χ2v) is 11.3. The van der Waals surface area contributed by atoms with Crippen LogP contribution >= 0.6 is 11.6 Å². The number of carbonyl (C=O) groups is 2. The highest BCUT2D eigenvalue weighted by molar-refractivity contribution is 7.93. The molecule has 2 aromatic rings. The fraction of sp³-hybridized carbons (Fsp3) is 0.542. The molecule has 1 aliphatic carbocycles. The van der Waals surface area contributed by atoms with E-state index < -0.39 is 33.9 Å². The molecular formula is C24H32ClF3N4O7S. The zero-order valence-electron chi connectivity index (χ0n) is 22.4. The third-order valence-corrected chi connectivity index (χ3v) is 7.50. The molecule has 224 valence electrons. The number of aliphatic carboxylic acids is 1. The summed E-state index contributed by atoms with van der Waals surface area (Å²) in [6.45, 7) is 5.19. The van der Waals surface area contributed by atoms with Crippen LogP contribution in [0.4, 0.5) is 29.3 Å². The van der Waals surface area contributed by atoms with Gasteiger partial charge >= 0.3 is 18.2 Å². The number of halogens is 4. The van der Waals surface area contributed by atoms with E-state index >= 15 is 0 Å². The van der Waals surface area contributed by atoms with Gasteiger partial charge in [0.25, 0.3) is 10.0 Å². The zero-order valence-corrected chi connectivity index (χ0v) is 24.0. The van der Waals surface area contributed by atoms with Crippen LogP contribution in [0.3, 0.4) is 0 Å². The second kappa shape index (κ2) is 13.4. The molecule has 0 radical (unpaired) electrons. The summed E-state index contributed by atoms with van der Waals surface area (Å²) in [4.78, 5) is 21.2. The summed E-state index contributed by atoms with van der Waals surface area (Å²) < 4.78 is 77.7. The minimum atomic E-state index is -4.78. The standard InChI is InChI=1S/C18H20ClF3N4O5S.C3H6O2.C3H6/c1-4-25-10-14(15(19)24-25)32(28,29)26-7-8-30-13-6-5-11(9-12(13)26)23-16(27)31-17(2,3)18(20,21)22;1-2-3(4)5;1-2-3-1/h5-6,9-10H,4,7-8H2,1-3H3,(H,23,27);2H2,1H3,(H,4,5);1-3H2. The first-order valence-corrected chi connectivity index (χ1v) is 14.2. The Labute approximate surface area is 235 Å². The molecule has 11 nitrogen and oxygen atoms in total. The number of hydrogen-bond donors (Lipinski definition) is 2. The average molecular weight is 613 g/mol. The number of nitrogens with zero attached hydrogens (tertiary/aromatic N) is 3. The van der Waals surface area contributed by atoms with Crippen molar-refractivity contribution in [2.75, 3.05) is 22.8 Å². The number of ether oxygens (including phenoxy) is 2. The number of aromatic nitrogens is 2. The van der Waals surface area contributed by atoms with Crippen LogP contribution < -0.4 is 14.4 Å². The van der Waals surface area contributed by atoms with Gasteiger partial charge in [0.1, 0.15) is 17.3 Å². The number of alkyl halides is 3. The predicted octanol–water partition coefficient (Wildman–Crippen LogP) is 5.68. The number of carboxylic acid groups (broad SMARTS) is 1. The van der Waals surface area contributed by atoms with Crippen LogP contribution in [0.2, 0.25) is 5.15 Å². The molecule has 0 atom stereocenters. The molecule has 0 saturated heterocycles. The number of aryl methyl sites for hydroxylation is 1. The monoisotopic (exact) mass is 612 g/mol. The molecule has 0 bridgehead atoms. The molecule has 1 amide bonds. The number of sulfonamides is 1. The quantitative estimate of drug-likeness (QED) is 0.424. The number of hydrogen-bond acceptors (Lipinski definition) is 7. The Balaban J connectivity index is 0.000000608. The molecule has 1 aliphatic heterocycles. The molecule has 16 heteroatoms. The number of amides is 1. The Morgan fingerprint density at radius 2 is 1.80 bits per heavy atom. The molecule has 1 aromatic carbocycles. The smallest absolute Gasteiger partial charge is 0.427 e. The lowest BCUT2D eigenvalue weighted by atomic mass is 10.1. The fourth-order valence-corrected chi connectivity index (χ4v) is 4.69. The van der Waals surface area contributed by atoms with Crippen LogP contribution in [0.15, 0.2) is 29.3 Å². The SMILES string of the molecule is C1CC1.CCC(=O)O.CCn1cc(S(=O)(=O)N2CCOc3ccc(NC(=O)OC(C)(C)C(F)(F)F)cc32)c(Cl)n1. The topological polar surface area (TPSA) is 140 Å². The summed E-state index contributed by atoms with van der Waals surface area (Å²) >= 11 is 6.02. The van der Waals surface area contributed by atoms with Crippen LogP contribution in [0.5, 0.6) is 5.75 Å². The van der Waals surface area contributed by atoms with Crippen LogP contribution in [-0.2, 0) is 26.1 Å². The van der Waals surface area contributed by atoms with Gasteiger partial charge in [-0.1, -0.05) is 37.8 Å². The summed E-state index contributed by atoms with van der Waals surface area (Å²) in [5, 5.41) is 13.6. The largest absolute Gasteiger partial charge is 0.489 e. The summed E-state index contributed by atoms with van der Waals surface area (Å²) in [5.74, 6) is -0.543. The molecule has 2 aliphatic rings. The first kappa shape index (κ1) is 33.0. The van der Waals surface area contributed by atoms with Gasteiger partial charge in [-0.05, 0) is 39.0 Å². The predicted molar refractivity (Wildman–Crippen MR) is 141 cm³/mol. The van der Waals surface area contributed by atoms with Crippen molar-refractivity contribution in [3.05, 3.63) is 29.5 Å². The van der Waals surface area contributed by atoms with Gasteiger partial charge in [0.05, 0.1) is 12.2 Å². The maximum atomic E-state index is 13.2. The van der Waals surface area contributed by atoms with E-state index in [0.717, 1.165) is 4.31 Å². The van der Waals surface area contributed by atoms with E-state index in [1.807, 2.05) is 0 Å². The van der Waals surface area contributed by atoms with Crippen molar-refractivity contribution in [1.29, 1.82) is 0 Å². The molecule has 1 aromatic heterocycles. The normalized spacial score (nSPS) is 14.3. The van der Waals surface area contributed by atoms with Crippen LogP contribution in [0.1, 0.15) is 53.4 Å². The van der Waals surface area contributed by atoms with E-state index in [2.05, 4.69) is 15.2 Å². The van der Waals surface area contributed by atoms with Gasteiger partial charge in [-0.3, -0.25) is 19.1 Å². The fourth-order valence-electron chi connectivity index (χ4n) is 2.79. The highest BCUT2D eigenvalue weighted by atomic mass is 35.5. The Bertz CT molecular complexity index is 1300. The minimum absolute atomic E-state index is 0.00720. The first-order chi connectivity index (χ1) is 18.5. The summed E-state index contributed by atoms with van der Waals surface area (Å²) in [6, 6.07) is 3.99. The number of anilines is 2. The van der Waals surface area contributed by atoms with E-state index in [4.69, 9.17) is 21.4 Å². The Kier molecular flexibility index (Phi) is 11.1. The van der Waals surface area contributed by atoms with Gasteiger partial charge in [-0.2, -0.15) is 18.3 Å². The molecule has 0 unspecified atom stereocenters. The van der Waals surface area contributed by atoms with Crippen LogP contribution in [-0.4, -0.2) is 60.3 Å². The zero-order chi connectivity index (χ0) is 30.3. The number of carbonyl (C=O) groups excluding carboxylic acids is 1. The maximum absolute atomic E-state index is 13.2. The maximum Gasteiger partial charge on any atom is 0.427 e. The first-order valence-electron chi connectivity index (χ1n) is 12.3. The average Bonchev–Trinajstić information content (AvgIpc) is 3.70. The van der Waals surface area contributed by atoms with E-state index in [-0.39, 0.29) is 46.7 Å². The third-order valence-electron chi connectivity index (χ3n) is 5.29. The Morgan fingerprint density at radius 3 is 2.27 bits per heavy atom.